The van der Waals surface area contributed by atoms with Gasteiger partial charge in [0, 0.05) is 17.3 Å². The van der Waals surface area contributed by atoms with Crippen LogP contribution in [0, 0.1) is 20.8 Å². The van der Waals surface area contributed by atoms with E-state index in [0.717, 1.165) is 17.1 Å². The van der Waals surface area contributed by atoms with Crippen LogP contribution in [0.1, 0.15) is 22.3 Å². The number of anilines is 1. The first-order chi connectivity index (χ1) is 8.56. The lowest BCUT2D eigenvalue weighted by atomic mass is 10.1. The van der Waals surface area contributed by atoms with Crippen molar-refractivity contribution in [2.24, 2.45) is 0 Å². The second kappa shape index (κ2) is 5.45. The molecule has 0 spiro atoms. The molecule has 2 rings (SSSR count). The van der Waals surface area contributed by atoms with Crippen molar-refractivity contribution in [2.75, 3.05) is 5.32 Å². The quantitative estimate of drug-likeness (QED) is 0.829. The molecule has 0 amide bonds. The lowest BCUT2D eigenvalue weighted by Gasteiger charge is -2.11. The number of aryl methyl sites for hydroxylation is 3. The number of halogens is 1. The summed E-state index contributed by atoms with van der Waals surface area (Å²) in [5, 5.41) is 4.27. The van der Waals surface area contributed by atoms with Crippen LogP contribution in [-0.2, 0) is 6.54 Å². The molecule has 2 aromatic carbocycles. The molecule has 2 aromatic rings. The van der Waals surface area contributed by atoms with Crippen molar-refractivity contribution in [3.05, 3.63) is 63.7 Å². The van der Waals surface area contributed by atoms with E-state index in [0.29, 0.717) is 0 Å². The zero-order chi connectivity index (χ0) is 13.1. The van der Waals surface area contributed by atoms with E-state index in [-0.39, 0.29) is 0 Å². The van der Waals surface area contributed by atoms with Gasteiger partial charge >= 0.3 is 0 Å². The third-order valence-electron chi connectivity index (χ3n) is 3.10. The number of rotatable bonds is 3. The Morgan fingerprint density at radius 3 is 2.39 bits per heavy atom. The molecule has 0 radical (unpaired) electrons. The van der Waals surface area contributed by atoms with Gasteiger partial charge in [-0.05, 0) is 49.6 Å². The van der Waals surface area contributed by atoms with E-state index in [1.165, 1.54) is 22.4 Å². The van der Waals surface area contributed by atoms with Crippen molar-refractivity contribution >= 4 is 17.3 Å². The van der Waals surface area contributed by atoms with Gasteiger partial charge in [0.05, 0.1) is 0 Å². The molecule has 0 saturated carbocycles. The SMILES string of the molecule is Cc1ccc(NCc2ccc(C)c(Cl)c2)c(C)c1. The molecule has 1 N–H and O–H groups in total. The molecule has 0 aliphatic heterocycles. The molecule has 0 heterocycles. The summed E-state index contributed by atoms with van der Waals surface area (Å²) in [4.78, 5) is 0. The Labute approximate surface area is 114 Å². The fraction of sp³-hybridized carbons (Fsp3) is 0.250. The van der Waals surface area contributed by atoms with Crippen molar-refractivity contribution in [2.45, 2.75) is 27.3 Å². The Hall–Kier alpha value is -1.47. The minimum atomic E-state index is 0.796. The van der Waals surface area contributed by atoms with Crippen molar-refractivity contribution in [1.29, 1.82) is 0 Å². The lowest BCUT2D eigenvalue weighted by Crippen LogP contribution is -2.01. The van der Waals surface area contributed by atoms with Crippen molar-refractivity contribution < 1.29 is 0 Å². The van der Waals surface area contributed by atoms with E-state index in [4.69, 9.17) is 11.6 Å². The maximum absolute atomic E-state index is 6.12. The summed E-state index contributed by atoms with van der Waals surface area (Å²) in [6.45, 7) is 7.04. The average Bonchev–Trinajstić information content (AvgIpc) is 2.32. The van der Waals surface area contributed by atoms with Crippen LogP contribution in [0.4, 0.5) is 5.69 Å². The van der Waals surface area contributed by atoms with E-state index < -0.39 is 0 Å². The first-order valence-corrected chi connectivity index (χ1v) is 6.50. The molecule has 0 aliphatic rings. The average molecular weight is 260 g/mol. The second-order valence-corrected chi connectivity index (χ2v) is 5.16. The first-order valence-electron chi connectivity index (χ1n) is 6.12. The largest absolute Gasteiger partial charge is 0.381 e. The van der Waals surface area contributed by atoms with E-state index >= 15 is 0 Å². The van der Waals surface area contributed by atoms with Crippen LogP contribution in [0.15, 0.2) is 36.4 Å². The van der Waals surface area contributed by atoms with E-state index in [2.05, 4.69) is 49.5 Å². The fourth-order valence-corrected chi connectivity index (χ4v) is 2.16. The number of nitrogens with one attached hydrogen (secondary N) is 1. The van der Waals surface area contributed by atoms with Crippen LogP contribution < -0.4 is 5.32 Å². The van der Waals surface area contributed by atoms with Gasteiger partial charge in [-0.1, -0.05) is 41.4 Å². The van der Waals surface area contributed by atoms with Gasteiger partial charge in [-0.15, -0.1) is 0 Å². The molecule has 2 heteroatoms. The molecule has 0 saturated heterocycles. The second-order valence-electron chi connectivity index (χ2n) is 4.76. The summed E-state index contributed by atoms with van der Waals surface area (Å²) in [5.74, 6) is 0. The van der Waals surface area contributed by atoms with Crippen LogP contribution in [-0.4, -0.2) is 0 Å². The van der Waals surface area contributed by atoms with Gasteiger partial charge in [0.25, 0.3) is 0 Å². The van der Waals surface area contributed by atoms with Gasteiger partial charge in [-0.3, -0.25) is 0 Å². The van der Waals surface area contributed by atoms with E-state index in [1.807, 2.05) is 13.0 Å². The Bertz CT molecular complexity index is 561. The zero-order valence-electron chi connectivity index (χ0n) is 11.0. The topological polar surface area (TPSA) is 12.0 Å². The zero-order valence-corrected chi connectivity index (χ0v) is 11.8. The molecule has 18 heavy (non-hydrogen) atoms. The Balaban J connectivity index is 2.09. The Kier molecular flexibility index (Phi) is 3.93. The third-order valence-corrected chi connectivity index (χ3v) is 3.51. The third kappa shape index (κ3) is 3.05. The van der Waals surface area contributed by atoms with Crippen molar-refractivity contribution in [3.63, 3.8) is 0 Å². The summed E-state index contributed by atoms with van der Waals surface area (Å²) < 4.78 is 0. The van der Waals surface area contributed by atoms with Crippen LogP contribution in [0.25, 0.3) is 0 Å². The van der Waals surface area contributed by atoms with Crippen LogP contribution in [0.5, 0.6) is 0 Å². The number of hydrogen-bond donors (Lipinski definition) is 1. The van der Waals surface area contributed by atoms with Crippen LogP contribution in [0.3, 0.4) is 0 Å². The highest BCUT2D eigenvalue weighted by molar-refractivity contribution is 6.31. The highest BCUT2D eigenvalue weighted by atomic mass is 35.5. The van der Waals surface area contributed by atoms with Crippen molar-refractivity contribution in [1.82, 2.24) is 0 Å². The molecule has 0 fully saturated rings. The normalized spacial score (nSPS) is 10.4. The van der Waals surface area contributed by atoms with Gasteiger partial charge < -0.3 is 5.32 Å². The summed E-state index contributed by atoms with van der Waals surface area (Å²) in [6.07, 6.45) is 0. The highest BCUT2D eigenvalue weighted by Crippen LogP contribution is 2.20. The monoisotopic (exact) mass is 259 g/mol. The molecule has 0 atom stereocenters. The Morgan fingerprint density at radius 1 is 0.944 bits per heavy atom. The summed E-state index contributed by atoms with van der Waals surface area (Å²) >= 11 is 6.12. The minimum absolute atomic E-state index is 0.796. The van der Waals surface area contributed by atoms with Gasteiger partial charge in [0.2, 0.25) is 0 Å². The molecular weight excluding hydrogens is 242 g/mol. The number of benzene rings is 2. The van der Waals surface area contributed by atoms with E-state index in [1.54, 1.807) is 0 Å². The van der Waals surface area contributed by atoms with Gasteiger partial charge in [0.1, 0.15) is 0 Å². The standard InChI is InChI=1S/C16H18ClN/c1-11-4-7-16(13(3)8-11)18-10-14-6-5-12(2)15(17)9-14/h4-9,18H,10H2,1-3H3. The predicted octanol–water partition coefficient (Wildman–Crippen LogP) is 4.88. The molecule has 0 bridgehead atoms. The minimum Gasteiger partial charge on any atom is -0.381 e. The van der Waals surface area contributed by atoms with Crippen molar-refractivity contribution in [3.8, 4) is 0 Å². The van der Waals surface area contributed by atoms with Crippen LogP contribution >= 0.6 is 11.6 Å². The smallest absolute Gasteiger partial charge is 0.0438 e. The molecular formula is C16H18ClN. The summed E-state index contributed by atoms with van der Waals surface area (Å²) in [7, 11) is 0. The maximum Gasteiger partial charge on any atom is 0.0438 e. The lowest BCUT2D eigenvalue weighted by molar-refractivity contribution is 1.13. The van der Waals surface area contributed by atoms with Gasteiger partial charge in [0.15, 0.2) is 0 Å². The molecule has 94 valence electrons. The van der Waals surface area contributed by atoms with Crippen LogP contribution in [0.2, 0.25) is 5.02 Å². The predicted molar refractivity (Wildman–Crippen MR) is 79.4 cm³/mol. The number of hydrogen-bond acceptors (Lipinski definition) is 1. The fourth-order valence-electron chi connectivity index (χ4n) is 1.96. The molecule has 0 aromatic heterocycles. The maximum atomic E-state index is 6.12. The molecule has 1 nitrogen and oxygen atoms in total. The summed E-state index contributed by atoms with van der Waals surface area (Å²) in [5.41, 5.74) is 6.06. The highest BCUT2D eigenvalue weighted by Gasteiger charge is 2.00. The summed E-state index contributed by atoms with van der Waals surface area (Å²) in [6, 6.07) is 12.6. The first kappa shape index (κ1) is 13.0. The Morgan fingerprint density at radius 2 is 1.72 bits per heavy atom. The molecule has 0 aliphatic carbocycles. The molecule has 0 unspecified atom stereocenters. The van der Waals surface area contributed by atoms with Gasteiger partial charge in [-0.2, -0.15) is 0 Å². The van der Waals surface area contributed by atoms with E-state index in [9.17, 15) is 0 Å². The van der Waals surface area contributed by atoms with Gasteiger partial charge in [-0.25, -0.2) is 0 Å².